The van der Waals surface area contributed by atoms with Crippen molar-refractivity contribution in [2.45, 2.75) is 20.5 Å². The summed E-state index contributed by atoms with van der Waals surface area (Å²) in [6.07, 6.45) is 1.63. The first-order valence-electron chi connectivity index (χ1n) is 11.0. The summed E-state index contributed by atoms with van der Waals surface area (Å²) in [6.45, 7) is 3.83. The molecule has 0 spiro atoms. The molecule has 36 heavy (non-hydrogen) atoms. The van der Waals surface area contributed by atoms with Gasteiger partial charge in [-0.25, -0.2) is 0 Å². The second kappa shape index (κ2) is 11.3. The van der Waals surface area contributed by atoms with Crippen molar-refractivity contribution in [1.29, 1.82) is 0 Å². The molecule has 1 heterocycles. The van der Waals surface area contributed by atoms with Crippen molar-refractivity contribution in [3.63, 3.8) is 0 Å². The lowest BCUT2D eigenvalue weighted by Gasteiger charge is -2.14. The highest BCUT2D eigenvalue weighted by Gasteiger charge is 2.36. The first kappa shape index (κ1) is 26.0. The van der Waals surface area contributed by atoms with Gasteiger partial charge < -0.3 is 10.1 Å². The Labute approximate surface area is 226 Å². The number of benzene rings is 3. The van der Waals surface area contributed by atoms with E-state index in [-0.39, 0.29) is 11.4 Å². The molecule has 9 heteroatoms. The third-order valence-corrected chi connectivity index (χ3v) is 7.18. The van der Waals surface area contributed by atoms with Crippen LogP contribution in [0.15, 0.2) is 70.0 Å². The fraction of sp³-hybridized carbons (Fsp3) is 0.148. The van der Waals surface area contributed by atoms with Gasteiger partial charge in [0.25, 0.3) is 11.1 Å². The van der Waals surface area contributed by atoms with Crippen molar-refractivity contribution in [3.05, 3.63) is 97.3 Å². The normalized spacial score (nSPS) is 14.4. The summed E-state index contributed by atoms with van der Waals surface area (Å²) in [6, 6.07) is 18.5. The Morgan fingerprint density at radius 1 is 1.08 bits per heavy atom. The highest BCUT2D eigenvalue weighted by molar-refractivity contribution is 9.10. The predicted molar refractivity (Wildman–Crippen MR) is 147 cm³/mol. The van der Waals surface area contributed by atoms with E-state index in [1.807, 2.05) is 44.2 Å². The molecular formula is C27H22BrClN2O4S. The Morgan fingerprint density at radius 2 is 1.83 bits per heavy atom. The fourth-order valence-corrected chi connectivity index (χ4v) is 4.93. The van der Waals surface area contributed by atoms with Gasteiger partial charge in [-0.3, -0.25) is 19.3 Å². The van der Waals surface area contributed by atoms with Crippen molar-refractivity contribution in [1.82, 2.24) is 4.90 Å². The Balaban J connectivity index is 1.40. The summed E-state index contributed by atoms with van der Waals surface area (Å²) >= 11 is 10.2. The monoisotopic (exact) mass is 584 g/mol. The number of aryl methyl sites for hydroxylation is 2. The zero-order valence-electron chi connectivity index (χ0n) is 19.5. The average molecular weight is 586 g/mol. The second-order valence-electron chi connectivity index (χ2n) is 8.24. The summed E-state index contributed by atoms with van der Waals surface area (Å²) in [5.74, 6) is -0.296. The number of anilines is 1. The van der Waals surface area contributed by atoms with Gasteiger partial charge in [0.05, 0.1) is 9.38 Å². The minimum Gasteiger partial charge on any atom is -0.488 e. The van der Waals surface area contributed by atoms with Crippen LogP contribution in [0.3, 0.4) is 0 Å². The van der Waals surface area contributed by atoms with Gasteiger partial charge in [-0.05, 0) is 100 Å². The van der Waals surface area contributed by atoms with Crippen molar-refractivity contribution in [2.75, 3.05) is 11.9 Å². The number of imide groups is 1. The molecule has 184 valence electrons. The number of hydrogen-bond acceptors (Lipinski definition) is 5. The maximum atomic E-state index is 12.9. The van der Waals surface area contributed by atoms with E-state index in [2.05, 4.69) is 21.2 Å². The molecule has 0 aromatic heterocycles. The standard InChI is InChI=1S/C27H22BrClN2O4S/c1-16-3-4-17(2)22(11-16)30-25(32)14-31-26(33)24(36-27(31)34)13-19-7-10-23(21(28)12-19)35-15-18-5-8-20(29)9-6-18/h3-13H,14-15H2,1-2H3,(H,30,32)/b24-13+. The minimum atomic E-state index is -0.500. The molecule has 1 aliphatic heterocycles. The smallest absolute Gasteiger partial charge is 0.294 e. The maximum Gasteiger partial charge on any atom is 0.294 e. The van der Waals surface area contributed by atoms with E-state index in [1.54, 1.807) is 36.4 Å². The van der Waals surface area contributed by atoms with Crippen molar-refractivity contribution in [2.24, 2.45) is 0 Å². The highest BCUT2D eigenvalue weighted by Crippen LogP contribution is 2.34. The Morgan fingerprint density at radius 3 is 2.56 bits per heavy atom. The van der Waals surface area contributed by atoms with Gasteiger partial charge in [0.15, 0.2) is 0 Å². The highest BCUT2D eigenvalue weighted by atomic mass is 79.9. The molecule has 0 unspecified atom stereocenters. The first-order chi connectivity index (χ1) is 17.2. The third kappa shape index (κ3) is 6.37. The van der Waals surface area contributed by atoms with E-state index in [1.165, 1.54) is 0 Å². The number of ether oxygens (including phenoxy) is 1. The SMILES string of the molecule is Cc1ccc(C)c(NC(=O)CN2C(=O)S/C(=C/c3ccc(OCc4ccc(Cl)cc4)c(Br)c3)C2=O)c1. The predicted octanol–water partition coefficient (Wildman–Crippen LogP) is 6.97. The summed E-state index contributed by atoms with van der Waals surface area (Å²) in [5, 5.41) is 2.96. The van der Waals surface area contributed by atoms with Crippen LogP contribution in [0.2, 0.25) is 5.02 Å². The molecule has 0 saturated carbocycles. The zero-order valence-corrected chi connectivity index (χ0v) is 22.7. The summed E-state index contributed by atoms with van der Waals surface area (Å²) in [7, 11) is 0. The molecule has 1 N–H and O–H groups in total. The number of thioether (sulfide) groups is 1. The fourth-order valence-electron chi connectivity index (χ4n) is 3.46. The molecule has 0 aliphatic carbocycles. The van der Waals surface area contributed by atoms with Crippen LogP contribution < -0.4 is 10.1 Å². The van der Waals surface area contributed by atoms with E-state index >= 15 is 0 Å². The Kier molecular flexibility index (Phi) is 8.18. The van der Waals surface area contributed by atoms with E-state index in [4.69, 9.17) is 16.3 Å². The largest absolute Gasteiger partial charge is 0.488 e. The van der Waals surface area contributed by atoms with Gasteiger partial charge in [-0.15, -0.1) is 0 Å². The number of rotatable bonds is 7. The molecule has 4 rings (SSSR count). The number of carbonyl (C=O) groups excluding carboxylic acids is 3. The summed E-state index contributed by atoms with van der Waals surface area (Å²) in [4.78, 5) is 39.1. The second-order valence-corrected chi connectivity index (χ2v) is 10.5. The van der Waals surface area contributed by atoms with E-state index in [0.717, 1.165) is 33.4 Å². The van der Waals surface area contributed by atoms with E-state index in [9.17, 15) is 14.4 Å². The lowest BCUT2D eigenvalue weighted by Crippen LogP contribution is -2.36. The van der Waals surface area contributed by atoms with Crippen molar-refractivity contribution in [3.8, 4) is 5.75 Å². The van der Waals surface area contributed by atoms with Gasteiger partial charge in [0.1, 0.15) is 18.9 Å². The number of hydrogen-bond donors (Lipinski definition) is 1. The first-order valence-corrected chi connectivity index (χ1v) is 13.0. The molecule has 0 bridgehead atoms. The summed E-state index contributed by atoms with van der Waals surface area (Å²) < 4.78 is 6.57. The van der Waals surface area contributed by atoms with Gasteiger partial charge >= 0.3 is 0 Å². The molecule has 3 amide bonds. The number of halogens is 2. The van der Waals surface area contributed by atoms with Crippen LogP contribution in [0.1, 0.15) is 22.3 Å². The van der Waals surface area contributed by atoms with Crippen LogP contribution in [0.25, 0.3) is 6.08 Å². The molecular weight excluding hydrogens is 564 g/mol. The van der Waals surface area contributed by atoms with Gasteiger partial charge in [0, 0.05) is 10.7 Å². The van der Waals surface area contributed by atoms with E-state index < -0.39 is 17.1 Å². The molecule has 1 aliphatic rings. The lowest BCUT2D eigenvalue weighted by atomic mass is 10.1. The molecule has 1 fully saturated rings. The Hall–Kier alpha value is -3.07. The van der Waals surface area contributed by atoms with Crippen LogP contribution in [0.4, 0.5) is 10.5 Å². The van der Waals surface area contributed by atoms with Crippen LogP contribution in [0, 0.1) is 13.8 Å². The topological polar surface area (TPSA) is 75.7 Å². The van der Waals surface area contributed by atoms with Crippen LogP contribution in [-0.4, -0.2) is 28.5 Å². The zero-order chi connectivity index (χ0) is 25.8. The number of nitrogens with one attached hydrogen (secondary N) is 1. The number of nitrogens with zero attached hydrogens (tertiary/aromatic N) is 1. The van der Waals surface area contributed by atoms with Gasteiger partial charge in [-0.1, -0.05) is 41.9 Å². The quantitative estimate of drug-likeness (QED) is 0.303. The molecule has 0 atom stereocenters. The number of amides is 3. The third-order valence-electron chi connectivity index (χ3n) is 5.40. The van der Waals surface area contributed by atoms with E-state index in [0.29, 0.717) is 33.1 Å². The van der Waals surface area contributed by atoms with Crippen LogP contribution >= 0.6 is 39.3 Å². The summed E-state index contributed by atoms with van der Waals surface area (Å²) in [5.41, 5.74) is 4.24. The van der Waals surface area contributed by atoms with Crippen LogP contribution in [0.5, 0.6) is 5.75 Å². The molecule has 6 nitrogen and oxygen atoms in total. The number of carbonyl (C=O) groups is 3. The molecule has 3 aromatic rings. The van der Waals surface area contributed by atoms with Crippen molar-refractivity contribution >= 4 is 68.1 Å². The Bertz CT molecular complexity index is 1370. The van der Waals surface area contributed by atoms with Crippen molar-refractivity contribution < 1.29 is 19.1 Å². The lowest BCUT2D eigenvalue weighted by molar-refractivity contribution is -0.127. The maximum absolute atomic E-state index is 12.9. The van der Waals surface area contributed by atoms with Gasteiger partial charge in [0.2, 0.25) is 5.91 Å². The average Bonchev–Trinajstić information content (AvgIpc) is 3.09. The minimum absolute atomic E-state index is 0.251. The van der Waals surface area contributed by atoms with Crippen LogP contribution in [-0.2, 0) is 16.2 Å². The molecule has 1 saturated heterocycles. The molecule has 3 aromatic carbocycles. The van der Waals surface area contributed by atoms with Gasteiger partial charge in [-0.2, -0.15) is 0 Å². The molecule has 0 radical (unpaired) electrons.